The Bertz CT molecular complexity index is 578. The highest BCUT2D eigenvalue weighted by Crippen LogP contribution is 2.21. The van der Waals surface area contributed by atoms with E-state index in [1.165, 1.54) is 12.1 Å². The van der Waals surface area contributed by atoms with Gasteiger partial charge in [-0.05, 0) is 36.6 Å². The van der Waals surface area contributed by atoms with Gasteiger partial charge in [0, 0.05) is 10.9 Å². The average Bonchev–Trinajstić information content (AvgIpc) is 2.52. The SMILES string of the molecule is Fc1ccc(/C=C/c2ccccc2OCCCCBr)cc1. The van der Waals surface area contributed by atoms with Gasteiger partial charge in [-0.15, -0.1) is 0 Å². The van der Waals surface area contributed by atoms with Crippen LogP contribution in [0.5, 0.6) is 5.75 Å². The van der Waals surface area contributed by atoms with Crippen molar-refractivity contribution in [3.05, 3.63) is 65.5 Å². The molecule has 110 valence electrons. The summed E-state index contributed by atoms with van der Waals surface area (Å²) in [6.45, 7) is 0.715. The molecule has 2 rings (SSSR count). The van der Waals surface area contributed by atoms with E-state index in [4.69, 9.17) is 4.74 Å². The predicted molar refractivity (Wildman–Crippen MR) is 90.3 cm³/mol. The average molecular weight is 349 g/mol. The van der Waals surface area contributed by atoms with Crippen LogP contribution in [0.15, 0.2) is 48.5 Å². The van der Waals surface area contributed by atoms with Gasteiger partial charge in [-0.25, -0.2) is 4.39 Å². The van der Waals surface area contributed by atoms with E-state index in [0.717, 1.165) is 35.0 Å². The maximum absolute atomic E-state index is 12.9. The Morgan fingerprint density at radius 3 is 2.48 bits per heavy atom. The fraction of sp³-hybridized carbons (Fsp3) is 0.222. The number of hydrogen-bond donors (Lipinski definition) is 0. The van der Waals surface area contributed by atoms with Gasteiger partial charge in [-0.2, -0.15) is 0 Å². The van der Waals surface area contributed by atoms with Crippen molar-refractivity contribution in [2.75, 3.05) is 11.9 Å². The van der Waals surface area contributed by atoms with Crippen molar-refractivity contribution in [3.8, 4) is 5.75 Å². The van der Waals surface area contributed by atoms with Gasteiger partial charge in [0.05, 0.1) is 6.61 Å². The van der Waals surface area contributed by atoms with Crippen LogP contribution in [0.2, 0.25) is 0 Å². The van der Waals surface area contributed by atoms with Gasteiger partial charge in [0.1, 0.15) is 11.6 Å². The van der Waals surface area contributed by atoms with E-state index in [0.29, 0.717) is 6.61 Å². The van der Waals surface area contributed by atoms with Gasteiger partial charge < -0.3 is 4.74 Å². The zero-order valence-corrected chi connectivity index (χ0v) is 13.4. The van der Waals surface area contributed by atoms with E-state index in [1.54, 1.807) is 12.1 Å². The molecule has 0 heterocycles. The van der Waals surface area contributed by atoms with Crippen molar-refractivity contribution in [1.82, 2.24) is 0 Å². The first-order valence-electron chi connectivity index (χ1n) is 7.01. The van der Waals surface area contributed by atoms with Crippen LogP contribution in [0, 0.1) is 5.82 Å². The second-order valence-corrected chi connectivity index (χ2v) is 5.46. The summed E-state index contributed by atoms with van der Waals surface area (Å²) in [5.41, 5.74) is 1.99. The van der Waals surface area contributed by atoms with Gasteiger partial charge in [-0.3, -0.25) is 0 Å². The molecule has 0 radical (unpaired) electrons. The summed E-state index contributed by atoms with van der Waals surface area (Å²) in [5.74, 6) is 0.660. The number of benzene rings is 2. The quantitative estimate of drug-likeness (QED) is 0.362. The molecule has 0 N–H and O–H groups in total. The highest BCUT2D eigenvalue weighted by molar-refractivity contribution is 9.09. The maximum Gasteiger partial charge on any atom is 0.126 e. The van der Waals surface area contributed by atoms with Gasteiger partial charge in [0.25, 0.3) is 0 Å². The van der Waals surface area contributed by atoms with Gasteiger partial charge in [-0.1, -0.05) is 58.4 Å². The Labute approximate surface area is 133 Å². The van der Waals surface area contributed by atoms with Crippen LogP contribution in [-0.2, 0) is 0 Å². The molecule has 3 heteroatoms. The molecule has 2 aromatic rings. The van der Waals surface area contributed by atoms with E-state index in [1.807, 2.05) is 36.4 Å². The molecule has 0 saturated carbocycles. The molecule has 2 aromatic carbocycles. The first kappa shape index (κ1) is 15.8. The minimum atomic E-state index is -0.220. The Morgan fingerprint density at radius 2 is 1.71 bits per heavy atom. The standard InChI is InChI=1S/C18H18BrFO/c19-13-3-4-14-21-18-6-2-1-5-16(18)10-7-15-8-11-17(20)12-9-15/h1-2,5-12H,3-4,13-14H2/b10-7+. The van der Waals surface area contributed by atoms with Crippen molar-refractivity contribution >= 4 is 28.1 Å². The Balaban J connectivity index is 2.03. The van der Waals surface area contributed by atoms with Crippen LogP contribution in [0.3, 0.4) is 0 Å². The second kappa shape index (κ2) is 8.63. The minimum absolute atomic E-state index is 0.220. The number of ether oxygens (including phenoxy) is 1. The highest BCUT2D eigenvalue weighted by atomic mass is 79.9. The van der Waals surface area contributed by atoms with E-state index in [2.05, 4.69) is 15.9 Å². The van der Waals surface area contributed by atoms with Crippen LogP contribution in [-0.4, -0.2) is 11.9 Å². The van der Waals surface area contributed by atoms with Crippen molar-refractivity contribution in [3.63, 3.8) is 0 Å². The lowest BCUT2D eigenvalue weighted by atomic mass is 10.1. The molecule has 1 nitrogen and oxygen atoms in total. The molecule has 21 heavy (non-hydrogen) atoms. The normalized spacial score (nSPS) is 11.0. The van der Waals surface area contributed by atoms with E-state index in [9.17, 15) is 4.39 Å². The Hall–Kier alpha value is -1.61. The number of hydrogen-bond acceptors (Lipinski definition) is 1. The van der Waals surface area contributed by atoms with Crippen molar-refractivity contribution < 1.29 is 9.13 Å². The summed E-state index contributed by atoms with van der Waals surface area (Å²) in [4.78, 5) is 0. The Kier molecular flexibility index (Phi) is 6.48. The van der Waals surface area contributed by atoms with Crippen LogP contribution in [0.1, 0.15) is 24.0 Å². The largest absolute Gasteiger partial charge is 0.493 e. The first-order chi connectivity index (χ1) is 10.3. The molecule has 0 atom stereocenters. The summed E-state index contributed by atoms with van der Waals surface area (Å²) in [6, 6.07) is 14.4. The summed E-state index contributed by atoms with van der Waals surface area (Å²) in [5, 5.41) is 1.00. The molecule has 0 aliphatic carbocycles. The van der Waals surface area contributed by atoms with E-state index in [-0.39, 0.29) is 5.82 Å². The zero-order valence-electron chi connectivity index (χ0n) is 11.8. The van der Waals surface area contributed by atoms with E-state index < -0.39 is 0 Å². The molecule has 0 aliphatic heterocycles. The van der Waals surface area contributed by atoms with Crippen LogP contribution in [0.25, 0.3) is 12.2 Å². The molecule has 0 aromatic heterocycles. The number of rotatable bonds is 7. The number of halogens is 2. The molecular weight excluding hydrogens is 331 g/mol. The van der Waals surface area contributed by atoms with Crippen LogP contribution >= 0.6 is 15.9 Å². The van der Waals surface area contributed by atoms with Crippen molar-refractivity contribution in [2.24, 2.45) is 0 Å². The fourth-order valence-electron chi connectivity index (χ4n) is 1.89. The van der Waals surface area contributed by atoms with Crippen LogP contribution < -0.4 is 4.74 Å². The maximum atomic E-state index is 12.9. The Morgan fingerprint density at radius 1 is 0.952 bits per heavy atom. The summed E-state index contributed by atoms with van der Waals surface area (Å²) < 4.78 is 18.7. The summed E-state index contributed by atoms with van der Waals surface area (Å²) in [6.07, 6.45) is 6.09. The summed E-state index contributed by atoms with van der Waals surface area (Å²) >= 11 is 3.41. The smallest absolute Gasteiger partial charge is 0.126 e. The lowest BCUT2D eigenvalue weighted by Crippen LogP contribution is -1.98. The third kappa shape index (κ3) is 5.35. The fourth-order valence-corrected chi connectivity index (χ4v) is 2.28. The van der Waals surface area contributed by atoms with Gasteiger partial charge in [0.2, 0.25) is 0 Å². The number of para-hydroxylation sites is 1. The van der Waals surface area contributed by atoms with Gasteiger partial charge in [0.15, 0.2) is 0 Å². The topological polar surface area (TPSA) is 9.23 Å². The van der Waals surface area contributed by atoms with Crippen LogP contribution in [0.4, 0.5) is 4.39 Å². The molecule has 0 saturated heterocycles. The monoisotopic (exact) mass is 348 g/mol. The second-order valence-electron chi connectivity index (χ2n) is 4.67. The molecule has 0 bridgehead atoms. The van der Waals surface area contributed by atoms with Gasteiger partial charge >= 0.3 is 0 Å². The number of alkyl halides is 1. The minimum Gasteiger partial charge on any atom is -0.493 e. The number of unbranched alkanes of at least 4 members (excludes halogenated alkanes) is 1. The van der Waals surface area contributed by atoms with E-state index >= 15 is 0 Å². The third-order valence-electron chi connectivity index (χ3n) is 3.03. The lowest BCUT2D eigenvalue weighted by Gasteiger charge is -2.08. The molecule has 0 spiro atoms. The summed E-state index contributed by atoms with van der Waals surface area (Å²) in [7, 11) is 0. The molecule has 0 aliphatic rings. The first-order valence-corrected chi connectivity index (χ1v) is 8.13. The zero-order chi connectivity index (χ0) is 14.9. The molecule has 0 unspecified atom stereocenters. The lowest BCUT2D eigenvalue weighted by molar-refractivity contribution is 0.309. The molecule has 0 fully saturated rings. The highest BCUT2D eigenvalue weighted by Gasteiger charge is 1.99. The van der Waals surface area contributed by atoms with Crippen molar-refractivity contribution in [2.45, 2.75) is 12.8 Å². The molecular formula is C18H18BrFO. The predicted octanol–water partition coefficient (Wildman–Crippen LogP) is 5.55. The third-order valence-corrected chi connectivity index (χ3v) is 3.59. The molecule has 0 amide bonds. The van der Waals surface area contributed by atoms with Crippen molar-refractivity contribution in [1.29, 1.82) is 0 Å².